The molecule has 0 spiro atoms. The van der Waals surface area contributed by atoms with Crippen molar-refractivity contribution in [1.29, 1.82) is 0 Å². The van der Waals surface area contributed by atoms with Gasteiger partial charge in [-0.1, -0.05) is 31.2 Å². The van der Waals surface area contributed by atoms with Crippen LogP contribution in [0.15, 0.2) is 29.6 Å². The van der Waals surface area contributed by atoms with Gasteiger partial charge in [0.1, 0.15) is 6.04 Å². The summed E-state index contributed by atoms with van der Waals surface area (Å²) >= 11 is 1.65. The van der Waals surface area contributed by atoms with Crippen LogP contribution in [0.25, 0.3) is 0 Å². The number of carboxylic acids is 1. The zero-order valence-electron chi connectivity index (χ0n) is 12.0. The predicted octanol–water partition coefficient (Wildman–Crippen LogP) is 2.72. The smallest absolute Gasteiger partial charge is 0.321 e. The fraction of sp³-hybridized carbons (Fsp3) is 0.375. The SMILES string of the molecule is CCc1nc(CN2Cc3ccccc3CC2C(=O)O)cs1. The Balaban J connectivity index is 1.83. The highest BCUT2D eigenvalue weighted by molar-refractivity contribution is 7.09. The van der Waals surface area contributed by atoms with E-state index in [-0.39, 0.29) is 0 Å². The maximum Gasteiger partial charge on any atom is 0.321 e. The van der Waals surface area contributed by atoms with E-state index in [1.54, 1.807) is 11.3 Å². The molecule has 1 aromatic carbocycles. The summed E-state index contributed by atoms with van der Waals surface area (Å²) in [4.78, 5) is 18.1. The van der Waals surface area contributed by atoms with Crippen molar-refractivity contribution in [1.82, 2.24) is 9.88 Å². The van der Waals surface area contributed by atoms with E-state index in [9.17, 15) is 9.90 Å². The Morgan fingerprint density at radius 3 is 2.86 bits per heavy atom. The van der Waals surface area contributed by atoms with Crippen LogP contribution in [0, 0.1) is 0 Å². The summed E-state index contributed by atoms with van der Waals surface area (Å²) in [7, 11) is 0. The molecule has 0 saturated carbocycles. The molecule has 1 aliphatic rings. The number of hydrogen-bond acceptors (Lipinski definition) is 4. The highest BCUT2D eigenvalue weighted by Gasteiger charge is 2.31. The van der Waals surface area contributed by atoms with Gasteiger partial charge in [-0.2, -0.15) is 0 Å². The number of fused-ring (bicyclic) bond motifs is 1. The van der Waals surface area contributed by atoms with Crippen molar-refractivity contribution < 1.29 is 9.90 Å². The molecule has 0 radical (unpaired) electrons. The molecule has 0 bridgehead atoms. The molecule has 1 unspecified atom stereocenters. The summed E-state index contributed by atoms with van der Waals surface area (Å²) in [5.41, 5.74) is 3.34. The van der Waals surface area contributed by atoms with Crippen LogP contribution in [0.5, 0.6) is 0 Å². The Morgan fingerprint density at radius 1 is 1.43 bits per heavy atom. The average molecular weight is 302 g/mol. The number of aliphatic carboxylic acids is 1. The molecule has 4 nitrogen and oxygen atoms in total. The van der Waals surface area contributed by atoms with E-state index in [0.29, 0.717) is 19.5 Å². The molecule has 0 saturated heterocycles. The lowest BCUT2D eigenvalue weighted by Gasteiger charge is -2.33. The summed E-state index contributed by atoms with van der Waals surface area (Å²) in [6.07, 6.45) is 1.49. The number of benzene rings is 1. The van der Waals surface area contributed by atoms with Crippen LogP contribution >= 0.6 is 11.3 Å². The lowest BCUT2D eigenvalue weighted by molar-refractivity contribution is -0.144. The number of hydrogen-bond donors (Lipinski definition) is 1. The first-order valence-electron chi connectivity index (χ1n) is 7.14. The number of aromatic nitrogens is 1. The number of carboxylic acid groups (broad SMARTS) is 1. The number of rotatable bonds is 4. The minimum atomic E-state index is -0.754. The van der Waals surface area contributed by atoms with Crippen LogP contribution in [-0.2, 0) is 30.7 Å². The summed E-state index contributed by atoms with van der Waals surface area (Å²) in [6, 6.07) is 7.63. The topological polar surface area (TPSA) is 53.4 Å². The Labute approximate surface area is 128 Å². The third-order valence-electron chi connectivity index (χ3n) is 3.90. The highest BCUT2D eigenvalue weighted by Crippen LogP contribution is 2.25. The van der Waals surface area contributed by atoms with Crippen molar-refractivity contribution in [2.45, 2.75) is 38.9 Å². The van der Waals surface area contributed by atoms with Gasteiger partial charge in [0, 0.05) is 18.5 Å². The summed E-state index contributed by atoms with van der Waals surface area (Å²) in [5, 5.41) is 12.6. The summed E-state index contributed by atoms with van der Waals surface area (Å²) < 4.78 is 0. The molecule has 5 heteroatoms. The number of nitrogens with zero attached hydrogens (tertiary/aromatic N) is 2. The first kappa shape index (κ1) is 14.2. The second-order valence-corrected chi connectivity index (χ2v) is 6.26. The van der Waals surface area contributed by atoms with Gasteiger partial charge in [-0.25, -0.2) is 4.98 Å². The van der Waals surface area contributed by atoms with Crippen LogP contribution < -0.4 is 0 Å². The van der Waals surface area contributed by atoms with E-state index >= 15 is 0 Å². The highest BCUT2D eigenvalue weighted by atomic mass is 32.1. The van der Waals surface area contributed by atoms with Gasteiger partial charge in [-0.3, -0.25) is 9.69 Å². The molecule has 3 rings (SSSR count). The van der Waals surface area contributed by atoms with Gasteiger partial charge < -0.3 is 5.11 Å². The largest absolute Gasteiger partial charge is 0.480 e. The van der Waals surface area contributed by atoms with Gasteiger partial charge in [0.25, 0.3) is 0 Å². The van der Waals surface area contributed by atoms with Gasteiger partial charge in [0.05, 0.1) is 10.7 Å². The van der Waals surface area contributed by atoms with E-state index in [4.69, 9.17) is 0 Å². The second-order valence-electron chi connectivity index (χ2n) is 5.32. The van der Waals surface area contributed by atoms with Crippen molar-refractivity contribution in [2.24, 2.45) is 0 Å². The van der Waals surface area contributed by atoms with Crippen LogP contribution in [0.2, 0.25) is 0 Å². The van der Waals surface area contributed by atoms with Gasteiger partial charge in [-0.15, -0.1) is 11.3 Å². The second kappa shape index (κ2) is 5.95. The Hall–Kier alpha value is -1.72. The Morgan fingerprint density at radius 2 is 2.19 bits per heavy atom. The maximum atomic E-state index is 11.6. The van der Waals surface area contributed by atoms with Gasteiger partial charge in [0.2, 0.25) is 0 Å². The predicted molar refractivity (Wildman–Crippen MR) is 82.3 cm³/mol. The fourth-order valence-electron chi connectivity index (χ4n) is 2.78. The fourth-order valence-corrected chi connectivity index (χ4v) is 3.51. The number of carbonyl (C=O) groups is 1. The Kier molecular flexibility index (Phi) is 4.03. The molecule has 1 N–H and O–H groups in total. The van der Waals surface area contributed by atoms with Crippen LogP contribution in [0.1, 0.15) is 28.8 Å². The van der Waals surface area contributed by atoms with Gasteiger partial charge in [-0.05, 0) is 24.0 Å². The lowest BCUT2D eigenvalue weighted by Crippen LogP contribution is -2.45. The molecule has 110 valence electrons. The van der Waals surface area contributed by atoms with E-state index in [1.165, 1.54) is 5.56 Å². The quantitative estimate of drug-likeness (QED) is 0.943. The average Bonchev–Trinajstić information content (AvgIpc) is 2.94. The van der Waals surface area contributed by atoms with Crippen molar-refractivity contribution >= 4 is 17.3 Å². The van der Waals surface area contributed by atoms with Crippen molar-refractivity contribution in [3.05, 3.63) is 51.5 Å². The van der Waals surface area contributed by atoms with Crippen LogP contribution in [0.3, 0.4) is 0 Å². The Bertz CT molecular complexity index is 653. The number of thiazole rings is 1. The minimum absolute atomic E-state index is 0.466. The molecule has 21 heavy (non-hydrogen) atoms. The van der Waals surface area contributed by atoms with Gasteiger partial charge in [0.15, 0.2) is 0 Å². The normalized spacial score (nSPS) is 18.4. The van der Waals surface area contributed by atoms with E-state index in [0.717, 1.165) is 22.7 Å². The molecular formula is C16H18N2O2S. The lowest BCUT2D eigenvalue weighted by atomic mass is 9.94. The first-order chi connectivity index (χ1) is 10.2. The minimum Gasteiger partial charge on any atom is -0.480 e. The summed E-state index contributed by atoms with van der Waals surface area (Å²) in [6.45, 7) is 3.35. The molecule has 1 aliphatic heterocycles. The van der Waals surface area contributed by atoms with E-state index < -0.39 is 12.0 Å². The van der Waals surface area contributed by atoms with Gasteiger partial charge >= 0.3 is 5.97 Å². The monoisotopic (exact) mass is 302 g/mol. The van der Waals surface area contributed by atoms with E-state index in [2.05, 4.69) is 18.0 Å². The third-order valence-corrected chi connectivity index (χ3v) is 4.94. The molecule has 2 aromatic rings. The summed E-state index contributed by atoms with van der Waals surface area (Å²) in [5.74, 6) is -0.754. The number of aryl methyl sites for hydroxylation is 1. The molecule has 2 heterocycles. The standard InChI is InChI=1S/C16H18N2O2S/c1-2-15-17-13(10-21-15)9-18-8-12-6-4-3-5-11(12)7-14(18)16(19)20/h3-6,10,14H,2,7-9H2,1H3,(H,19,20). The molecule has 0 amide bonds. The first-order valence-corrected chi connectivity index (χ1v) is 8.02. The molecular weight excluding hydrogens is 284 g/mol. The maximum absolute atomic E-state index is 11.6. The zero-order chi connectivity index (χ0) is 14.8. The van der Waals surface area contributed by atoms with Crippen molar-refractivity contribution in [3.8, 4) is 0 Å². The zero-order valence-corrected chi connectivity index (χ0v) is 12.8. The molecule has 1 atom stereocenters. The molecule has 0 fully saturated rings. The molecule has 1 aromatic heterocycles. The van der Waals surface area contributed by atoms with Crippen molar-refractivity contribution in [3.63, 3.8) is 0 Å². The van der Waals surface area contributed by atoms with Crippen molar-refractivity contribution in [2.75, 3.05) is 0 Å². The third kappa shape index (κ3) is 2.99. The van der Waals surface area contributed by atoms with Crippen LogP contribution in [0.4, 0.5) is 0 Å². The van der Waals surface area contributed by atoms with Crippen LogP contribution in [-0.4, -0.2) is 27.0 Å². The van der Waals surface area contributed by atoms with E-state index in [1.807, 2.05) is 28.5 Å². The molecule has 0 aliphatic carbocycles.